The average Bonchev–Trinajstić information content (AvgIpc) is 2.65. The zero-order valence-electron chi connectivity index (χ0n) is 13.8. The fraction of sp³-hybridized carbons (Fsp3) is 0.222. The lowest BCUT2D eigenvalue weighted by Crippen LogP contribution is -2.36. The first kappa shape index (κ1) is 16.6. The summed E-state index contributed by atoms with van der Waals surface area (Å²) < 4.78 is 4.98. The number of amides is 2. The van der Waals surface area contributed by atoms with Crippen LogP contribution < -0.4 is 10.1 Å². The number of rotatable bonds is 5. The predicted octanol–water partition coefficient (Wildman–Crippen LogP) is 2.21. The van der Waals surface area contributed by atoms with Gasteiger partial charge in [0.2, 0.25) is 11.8 Å². The third-order valence-electron chi connectivity index (χ3n) is 3.75. The minimum Gasteiger partial charge on any atom is -0.481 e. The van der Waals surface area contributed by atoms with Crippen molar-refractivity contribution in [2.24, 2.45) is 5.10 Å². The van der Waals surface area contributed by atoms with Crippen LogP contribution in [0.25, 0.3) is 0 Å². The smallest absolute Gasteiger partial charge is 0.271 e. The van der Waals surface area contributed by atoms with E-state index in [1.165, 1.54) is 18.3 Å². The van der Waals surface area contributed by atoms with Crippen molar-refractivity contribution in [3.8, 4) is 5.88 Å². The third-order valence-corrected chi connectivity index (χ3v) is 3.75. The molecule has 0 saturated heterocycles. The molecule has 1 aliphatic rings. The molecule has 0 atom stereocenters. The molecule has 2 heterocycles. The molecule has 1 aromatic heterocycles. The van der Waals surface area contributed by atoms with E-state index in [0.29, 0.717) is 30.2 Å². The number of nitrogens with one attached hydrogen (secondary N) is 1. The molecule has 3 rings (SSSR count). The Hall–Kier alpha value is -3.22. The van der Waals surface area contributed by atoms with Crippen molar-refractivity contribution in [1.82, 2.24) is 9.99 Å². The largest absolute Gasteiger partial charge is 0.481 e. The SMILES string of the molecule is COc1ccc(NC(=O)C2=NN(Cc3ccccc3)C(=O)CC2)cn1. The van der Waals surface area contributed by atoms with Crippen LogP contribution in [0.4, 0.5) is 5.69 Å². The van der Waals surface area contributed by atoms with Gasteiger partial charge in [0.1, 0.15) is 5.71 Å². The van der Waals surface area contributed by atoms with E-state index in [1.54, 1.807) is 12.1 Å². The molecule has 0 unspecified atom stereocenters. The number of hydrazone groups is 1. The monoisotopic (exact) mass is 338 g/mol. The van der Waals surface area contributed by atoms with Gasteiger partial charge in [-0.3, -0.25) is 9.59 Å². The Bertz CT molecular complexity index is 788. The fourth-order valence-corrected chi connectivity index (χ4v) is 2.42. The van der Waals surface area contributed by atoms with Crippen LogP contribution in [0.3, 0.4) is 0 Å². The molecule has 0 aliphatic carbocycles. The number of methoxy groups -OCH3 is 1. The first-order valence-electron chi connectivity index (χ1n) is 7.89. The minimum absolute atomic E-state index is 0.0912. The van der Waals surface area contributed by atoms with Crippen LogP contribution in [0, 0.1) is 0 Å². The number of benzene rings is 1. The van der Waals surface area contributed by atoms with Gasteiger partial charge in [-0.1, -0.05) is 30.3 Å². The predicted molar refractivity (Wildman–Crippen MR) is 93.1 cm³/mol. The number of ether oxygens (including phenoxy) is 1. The molecule has 7 nitrogen and oxygen atoms in total. The molecule has 0 spiro atoms. The van der Waals surface area contributed by atoms with Crippen molar-refractivity contribution in [3.05, 3.63) is 54.2 Å². The number of pyridine rings is 1. The maximum absolute atomic E-state index is 12.4. The van der Waals surface area contributed by atoms with Crippen LogP contribution in [0.15, 0.2) is 53.8 Å². The molecule has 0 bridgehead atoms. The van der Waals surface area contributed by atoms with Gasteiger partial charge in [-0.15, -0.1) is 0 Å². The summed E-state index contributed by atoms with van der Waals surface area (Å²) >= 11 is 0. The number of hydrogen-bond donors (Lipinski definition) is 1. The Morgan fingerprint density at radius 1 is 1.20 bits per heavy atom. The van der Waals surface area contributed by atoms with Crippen LogP contribution in [-0.4, -0.2) is 34.6 Å². The molecular formula is C18H18N4O3. The molecule has 7 heteroatoms. The van der Waals surface area contributed by atoms with Gasteiger partial charge in [0.05, 0.1) is 25.5 Å². The summed E-state index contributed by atoms with van der Waals surface area (Å²) in [5, 5.41) is 8.31. The molecule has 2 aromatic rings. The lowest BCUT2D eigenvalue weighted by Gasteiger charge is -2.23. The van der Waals surface area contributed by atoms with Crippen molar-refractivity contribution < 1.29 is 14.3 Å². The topological polar surface area (TPSA) is 83.9 Å². The molecule has 0 saturated carbocycles. The van der Waals surface area contributed by atoms with Gasteiger partial charge in [0.15, 0.2) is 0 Å². The second kappa shape index (κ2) is 7.57. The fourth-order valence-electron chi connectivity index (χ4n) is 2.42. The third kappa shape index (κ3) is 4.20. The van der Waals surface area contributed by atoms with Gasteiger partial charge in [0.25, 0.3) is 5.91 Å². The number of anilines is 1. The van der Waals surface area contributed by atoms with Crippen molar-refractivity contribution in [2.45, 2.75) is 19.4 Å². The number of nitrogens with zero attached hydrogens (tertiary/aromatic N) is 3. The van der Waals surface area contributed by atoms with Gasteiger partial charge >= 0.3 is 0 Å². The van der Waals surface area contributed by atoms with Gasteiger partial charge in [-0.2, -0.15) is 5.10 Å². The summed E-state index contributed by atoms with van der Waals surface area (Å²) in [6, 6.07) is 12.9. The highest BCUT2D eigenvalue weighted by molar-refractivity contribution is 6.43. The number of hydrogen-bond acceptors (Lipinski definition) is 5. The van der Waals surface area contributed by atoms with Gasteiger partial charge in [-0.05, 0) is 11.6 Å². The van der Waals surface area contributed by atoms with E-state index in [2.05, 4.69) is 15.4 Å². The Morgan fingerprint density at radius 2 is 2.00 bits per heavy atom. The van der Waals surface area contributed by atoms with E-state index >= 15 is 0 Å². The number of carbonyl (C=O) groups excluding carboxylic acids is 2. The van der Waals surface area contributed by atoms with Crippen molar-refractivity contribution in [3.63, 3.8) is 0 Å². The van der Waals surface area contributed by atoms with Crippen LogP contribution in [0.2, 0.25) is 0 Å². The molecule has 1 aliphatic heterocycles. The molecular weight excluding hydrogens is 320 g/mol. The van der Waals surface area contributed by atoms with Crippen LogP contribution in [-0.2, 0) is 16.1 Å². The summed E-state index contributed by atoms with van der Waals surface area (Å²) in [6.07, 6.45) is 2.09. The molecule has 2 amide bonds. The van der Waals surface area contributed by atoms with Gasteiger partial charge in [0, 0.05) is 18.9 Å². The molecule has 128 valence electrons. The van der Waals surface area contributed by atoms with E-state index in [0.717, 1.165) is 5.56 Å². The number of aromatic nitrogens is 1. The zero-order valence-corrected chi connectivity index (χ0v) is 13.8. The van der Waals surface area contributed by atoms with E-state index in [-0.39, 0.29) is 18.2 Å². The van der Waals surface area contributed by atoms with Crippen molar-refractivity contribution in [1.29, 1.82) is 0 Å². The first-order chi connectivity index (χ1) is 12.2. The van der Waals surface area contributed by atoms with E-state index in [9.17, 15) is 9.59 Å². The quantitative estimate of drug-likeness (QED) is 0.906. The first-order valence-corrected chi connectivity index (χ1v) is 7.89. The summed E-state index contributed by atoms with van der Waals surface area (Å²) in [5.74, 6) is 0.0386. The molecule has 1 aromatic carbocycles. The summed E-state index contributed by atoms with van der Waals surface area (Å²) in [5.41, 5.74) is 1.83. The minimum atomic E-state index is -0.336. The summed E-state index contributed by atoms with van der Waals surface area (Å²) in [4.78, 5) is 28.5. The van der Waals surface area contributed by atoms with E-state index in [4.69, 9.17) is 4.74 Å². The second-order valence-corrected chi connectivity index (χ2v) is 5.53. The Balaban J connectivity index is 1.70. The van der Waals surface area contributed by atoms with Gasteiger partial charge < -0.3 is 10.1 Å². The molecule has 25 heavy (non-hydrogen) atoms. The maximum atomic E-state index is 12.4. The molecule has 1 N–H and O–H groups in total. The van der Waals surface area contributed by atoms with Crippen molar-refractivity contribution >= 4 is 23.2 Å². The average molecular weight is 338 g/mol. The Labute approximate surface area is 145 Å². The van der Waals surface area contributed by atoms with Crippen molar-refractivity contribution in [2.75, 3.05) is 12.4 Å². The van der Waals surface area contributed by atoms with Gasteiger partial charge in [-0.25, -0.2) is 9.99 Å². The summed E-state index contributed by atoms with van der Waals surface area (Å²) in [7, 11) is 1.52. The van der Waals surface area contributed by atoms with Crippen LogP contribution >= 0.6 is 0 Å². The Morgan fingerprint density at radius 3 is 2.68 bits per heavy atom. The number of carbonyl (C=O) groups is 2. The second-order valence-electron chi connectivity index (χ2n) is 5.53. The zero-order chi connectivity index (χ0) is 17.6. The van der Waals surface area contributed by atoms with E-state index in [1.807, 2.05) is 30.3 Å². The molecule has 0 fully saturated rings. The lowest BCUT2D eigenvalue weighted by atomic mass is 10.1. The standard InChI is InChI=1S/C18H18N4O3/c1-25-16-9-7-14(11-19-16)20-18(24)15-8-10-17(23)22(21-15)12-13-5-3-2-4-6-13/h2-7,9,11H,8,10,12H2,1H3,(H,20,24). The highest BCUT2D eigenvalue weighted by Gasteiger charge is 2.24. The highest BCUT2D eigenvalue weighted by Crippen LogP contribution is 2.16. The Kier molecular flexibility index (Phi) is 5.03. The normalized spacial score (nSPS) is 14.0. The van der Waals surface area contributed by atoms with E-state index < -0.39 is 0 Å². The maximum Gasteiger partial charge on any atom is 0.271 e. The van der Waals surface area contributed by atoms with Crippen LogP contribution in [0.5, 0.6) is 5.88 Å². The summed E-state index contributed by atoms with van der Waals surface area (Å²) in [6.45, 7) is 0.348. The molecule has 0 radical (unpaired) electrons. The lowest BCUT2D eigenvalue weighted by molar-refractivity contribution is -0.132. The van der Waals surface area contributed by atoms with Crippen LogP contribution in [0.1, 0.15) is 18.4 Å². The highest BCUT2D eigenvalue weighted by atomic mass is 16.5.